The van der Waals surface area contributed by atoms with E-state index in [1.54, 1.807) is 24.3 Å². The smallest absolute Gasteiger partial charge is 0.271 e. The van der Waals surface area contributed by atoms with Crippen molar-refractivity contribution in [1.29, 1.82) is 0 Å². The monoisotopic (exact) mass is 427 g/mol. The van der Waals surface area contributed by atoms with E-state index in [1.165, 1.54) is 31.3 Å². The quantitative estimate of drug-likeness (QED) is 0.537. The number of carbonyl (C=O) groups is 2. The molecule has 3 rings (SSSR count). The zero-order valence-electron chi connectivity index (χ0n) is 17.9. The second-order valence-corrected chi connectivity index (χ2v) is 7.61. The predicted octanol–water partition coefficient (Wildman–Crippen LogP) is 2.96. The first-order valence-corrected chi connectivity index (χ1v) is 9.87. The largest absolute Gasteiger partial charge is 0.497 e. The lowest BCUT2D eigenvalue weighted by molar-refractivity contribution is -0.384. The Hall–Kier alpha value is -3.62. The fourth-order valence-corrected chi connectivity index (χ4v) is 3.55. The van der Waals surface area contributed by atoms with Crippen LogP contribution in [0, 0.1) is 16.0 Å². The van der Waals surface area contributed by atoms with Crippen molar-refractivity contribution in [3.8, 4) is 11.5 Å². The molecule has 0 fully saturated rings. The Labute approximate surface area is 180 Å². The lowest BCUT2D eigenvalue weighted by Crippen LogP contribution is -2.51. The van der Waals surface area contributed by atoms with Crippen LogP contribution < -0.4 is 19.7 Å². The van der Waals surface area contributed by atoms with E-state index >= 15 is 0 Å². The minimum absolute atomic E-state index is 0.0768. The standard InChI is InChI=1S/C22H25N3O6/c1-13(2)20(23-21(26)15-9-17(30-3)12-18(10-15)31-4)22(27)24-8-7-14-5-6-16(25(28)29)11-19(14)24/h5-6,9-13,20H,7-8H2,1-4H3,(H,23,26). The highest BCUT2D eigenvalue weighted by Crippen LogP contribution is 2.32. The molecule has 0 saturated carbocycles. The minimum atomic E-state index is -0.810. The average Bonchev–Trinajstić information content (AvgIpc) is 3.19. The molecule has 0 spiro atoms. The van der Waals surface area contributed by atoms with Crippen LogP contribution in [-0.4, -0.2) is 43.5 Å². The van der Waals surface area contributed by atoms with Crippen molar-refractivity contribution in [1.82, 2.24) is 5.32 Å². The van der Waals surface area contributed by atoms with Crippen molar-refractivity contribution in [3.05, 3.63) is 57.6 Å². The number of nitrogens with zero attached hydrogens (tertiary/aromatic N) is 2. The molecular formula is C22H25N3O6. The molecule has 2 aromatic carbocycles. The predicted molar refractivity (Wildman–Crippen MR) is 115 cm³/mol. The number of non-ortho nitro benzene ring substituents is 1. The van der Waals surface area contributed by atoms with Gasteiger partial charge in [-0.15, -0.1) is 0 Å². The van der Waals surface area contributed by atoms with E-state index in [1.807, 2.05) is 13.8 Å². The van der Waals surface area contributed by atoms with Gasteiger partial charge in [0.15, 0.2) is 0 Å². The SMILES string of the molecule is COc1cc(OC)cc(C(=O)NC(C(=O)N2CCc3ccc([N+](=O)[O-])cc32)C(C)C)c1. The highest BCUT2D eigenvalue weighted by atomic mass is 16.6. The molecule has 1 heterocycles. The van der Waals surface area contributed by atoms with E-state index in [0.717, 1.165) is 5.56 Å². The number of fused-ring (bicyclic) bond motifs is 1. The summed E-state index contributed by atoms with van der Waals surface area (Å²) in [5.41, 5.74) is 1.60. The lowest BCUT2D eigenvalue weighted by atomic mass is 10.0. The third kappa shape index (κ3) is 4.60. The number of nitrogens with one attached hydrogen (secondary N) is 1. The molecule has 9 heteroatoms. The van der Waals surface area contributed by atoms with E-state index in [-0.39, 0.29) is 17.5 Å². The van der Waals surface area contributed by atoms with Crippen molar-refractivity contribution in [2.45, 2.75) is 26.3 Å². The van der Waals surface area contributed by atoms with Crippen molar-refractivity contribution in [2.75, 3.05) is 25.7 Å². The topological polar surface area (TPSA) is 111 Å². The zero-order valence-corrected chi connectivity index (χ0v) is 17.9. The Kier molecular flexibility index (Phi) is 6.43. The van der Waals surface area contributed by atoms with Crippen LogP contribution in [0.2, 0.25) is 0 Å². The van der Waals surface area contributed by atoms with E-state index in [4.69, 9.17) is 9.47 Å². The van der Waals surface area contributed by atoms with Gasteiger partial charge in [-0.2, -0.15) is 0 Å². The molecule has 1 aliphatic rings. The maximum atomic E-state index is 13.3. The van der Waals surface area contributed by atoms with Gasteiger partial charge in [-0.1, -0.05) is 19.9 Å². The summed E-state index contributed by atoms with van der Waals surface area (Å²) < 4.78 is 10.4. The summed E-state index contributed by atoms with van der Waals surface area (Å²) in [6.07, 6.45) is 0.602. The Morgan fingerprint density at radius 2 is 1.74 bits per heavy atom. The molecule has 2 aromatic rings. The Balaban J connectivity index is 1.86. The Bertz CT molecular complexity index is 998. The van der Waals surface area contributed by atoms with Gasteiger partial charge < -0.3 is 19.7 Å². The fourth-order valence-electron chi connectivity index (χ4n) is 3.55. The maximum absolute atomic E-state index is 13.3. The number of methoxy groups -OCH3 is 2. The van der Waals surface area contributed by atoms with Crippen LogP contribution in [0.25, 0.3) is 0 Å². The summed E-state index contributed by atoms with van der Waals surface area (Å²) in [5, 5.41) is 14.0. The first-order valence-electron chi connectivity index (χ1n) is 9.87. The number of nitro benzene ring substituents is 1. The molecule has 1 N–H and O–H groups in total. The molecule has 0 aliphatic carbocycles. The molecule has 164 valence electrons. The number of carbonyl (C=O) groups excluding carboxylic acids is 2. The molecule has 31 heavy (non-hydrogen) atoms. The van der Waals surface area contributed by atoms with Gasteiger partial charge in [-0.3, -0.25) is 19.7 Å². The van der Waals surface area contributed by atoms with Crippen LogP contribution in [-0.2, 0) is 11.2 Å². The number of ether oxygens (including phenoxy) is 2. The molecule has 0 aromatic heterocycles. The summed E-state index contributed by atoms with van der Waals surface area (Å²) in [7, 11) is 2.97. The van der Waals surface area contributed by atoms with Gasteiger partial charge in [-0.05, 0) is 30.0 Å². The number of rotatable bonds is 7. The van der Waals surface area contributed by atoms with Crippen molar-refractivity contribution < 1.29 is 24.0 Å². The highest BCUT2D eigenvalue weighted by molar-refractivity contribution is 6.03. The summed E-state index contributed by atoms with van der Waals surface area (Å²) in [6.45, 7) is 4.07. The van der Waals surface area contributed by atoms with Crippen LogP contribution in [0.3, 0.4) is 0 Å². The van der Waals surface area contributed by atoms with Crippen molar-refractivity contribution in [2.24, 2.45) is 5.92 Å². The number of amides is 2. The first kappa shape index (κ1) is 22.1. The van der Waals surface area contributed by atoms with Crippen LogP contribution >= 0.6 is 0 Å². The summed E-state index contributed by atoms with van der Waals surface area (Å²) >= 11 is 0. The van der Waals surface area contributed by atoms with E-state index in [0.29, 0.717) is 35.7 Å². The van der Waals surface area contributed by atoms with Gasteiger partial charge in [0, 0.05) is 30.3 Å². The second-order valence-electron chi connectivity index (χ2n) is 7.61. The molecule has 1 atom stereocenters. The second kappa shape index (κ2) is 9.03. The van der Waals surface area contributed by atoms with Gasteiger partial charge in [-0.25, -0.2) is 0 Å². The molecule has 2 amide bonds. The van der Waals surface area contributed by atoms with Crippen LogP contribution in [0.1, 0.15) is 29.8 Å². The van der Waals surface area contributed by atoms with Gasteiger partial charge in [0.1, 0.15) is 17.5 Å². The number of benzene rings is 2. The number of anilines is 1. The molecule has 0 saturated heterocycles. The van der Waals surface area contributed by atoms with Gasteiger partial charge in [0.05, 0.1) is 24.8 Å². The Morgan fingerprint density at radius 3 is 2.29 bits per heavy atom. The van der Waals surface area contributed by atoms with Crippen LogP contribution in [0.15, 0.2) is 36.4 Å². The summed E-state index contributed by atoms with van der Waals surface area (Å²) in [4.78, 5) is 38.4. The van der Waals surface area contributed by atoms with Gasteiger partial charge in [0.25, 0.3) is 11.6 Å². The maximum Gasteiger partial charge on any atom is 0.271 e. The first-order chi connectivity index (χ1) is 14.7. The minimum Gasteiger partial charge on any atom is -0.497 e. The molecule has 1 unspecified atom stereocenters. The molecule has 0 radical (unpaired) electrons. The normalized spacial score (nSPS) is 13.5. The lowest BCUT2D eigenvalue weighted by Gasteiger charge is -2.27. The molecular weight excluding hydrogens is 402 g/mol. The fraction of sp³-hybridized carbons (Fsp3) is 0.364. The van der Waals surface area contributed by atoms with Crippen molar-refractivity contribution in [3.63, 3.8) is 0 Å². The molecule has 9 nitrogen and oxygen atoms in total. The van der Waals surface area contributed by atoms with Gasteiger partial charge in [0.2, 0.25) is 5.91 Å². The number of nitro groups is 1. The van der Waals surface area contributed by atoms with E-state index in [2.05, 4.69) is 5.32 Å². The number of hydrogen-bond donors (Lipinski definition) is 1. The molecule has 1 aliphatic heterocycles. The third-order valence-corrected chi connectivity index (χ3v) is 5.27. The number of hydrogen-bond acceptors (Lipinski definition) is 6. The zero-order chi connectivity index (χ0) is 22.7. The summed E-state index contributed by atoms with van der Waals surface area (Å²) in [5.74, 6) is -0.0396. The Morgan fingerprint density at radius 1 is 1.10 bits per heavy atom. The van der Waals surface area contributed by atoms with Gasteiger partial charge >= 0.3 is 0 Å². The highest BCUT2D eigenvalue weighted by Gasteiger charge is 2.34. The van der Waals surface area contributed by atoms with Crippen LogP contribution in [0.4, 0.5) is 11.4 Å². The van der Waals surface area contributed by atoms with E-state index in [9.17, 15) is 19.7 Å². The average molecular weight is 427 g/mol. The van der Waals surface area contributed by atoms with Crippen molar-refractivity contribution >= 4 is 23.2 Å². The van der Waals surface area contributed by atoms with E-state index < -0.39 is 16.9 Å². The third-order valence-electron chi connectivity index (χ3n) is 5.27. The van der Waals surface area contributed by atoms with Crippen LogP contribution in [0.5, 0.6) is 11.5 Å². The summed E-state index contributed by atoms with van der Waals surface area (Å²) in [6, 6.07) is 8.48. The molecule has 0 bridgehead atoms.